The van der Waals surface area contributed by atoms with Crippen molar-refractivity contribution in [2.45, 2.75) is 12.3 Å². The van der Waals surface area contributed by atoms with Gasteiger partial charge in [0.05, 0.1) is 6.61 Å². The fourth-order valence-electron chi connectivity index (χ4n) is 1.53. The zero-order valence-electron chi connectivity index (χ0n) is 7.27. The molecule has 0 radical (unpaired) electrons. The van der Waals surface area contributed by atoms with Gasteiger partial charge in [-0.3, -0.25) is 0 Å². The minimum absolute atomic E-state index is 0. The smallest absolute Gasteiger partial charge is 0.216 e. The molecular formula is C9H13ClN2O. The van der Waals surface area contributed by atoms with Gasteiger partial charge in [0.15, 0.2) is 0 Å². The summed E-state index contributed by atoms with van der Waals surface area (Å²) < 4.78 is 5.39. The zero-order chi connectivity index (χ0) is 8.39. The van der Waals surface area contributed by atoms with E-state index in [9.17, 15) is 0 Å². The average Bonchev–Trinajstić information content (AvgIpc) is 2.17. The lowest BCUT2D eigenvalue weighted by Crippen LogP contribution is -2.21. The first kappa shape index (κ1) is 10.3. The molecular weight excluding hydrogens is 188 g/mol. The third kappa shape index (κ3) is 1.92. The van der Waals surface area contributed by atoms with Crippen LogP contribution in [-0.2, 0) is 0 Å². The van der Waals surface area contributed by atoms with E-state index in [1.165, 1.54) is 0 Å². The quantitative estimate of drug-likeness (QED) is 0.744. The molecule has 1 aromatic rings. The van der Waals surface area contributed by atoms with E-state index in [1.807, 2.05) is 12.1 Å². The molecule has 2 heterocycles. The van der Waals surface area contributed by atoms with Gasteiger partial charge in [0.2, 0.25) is 5.88 Å². The normalized spacial score (nSPS) is 19.6. The Labute approximate surface area is 83.7 Å². The minimum Gasteiger partial charge on any atom is -0.477 e. The molecule has 0 aromatic carbocycles. The summed E-state index contributed by atoms with van der Waals surface area (Å²) in [6.07, 6.45) is 2.76. The third-order valence-corrected chi connectivity index (χ3v) is 2.23. The van der Waals surface area contributed by atoms with Crippen LogP contribution in [0.3, 0.4) is 0 Å². The summed E-state index contributed by atoms with van der Waals surface area (Å²) >= 11 is 0. The SMILES string of the molecule is Cl.NCC1CCOc2ncccc21. The fraction of sp³-hybridized carbons (Fsp3) is 0.444. The molecule has 0 spiro atoms. The number of ether oxygens (including phenoxy) is 1. The van der Waals surface area contributed by atoms with Gasteiger partial charge in [0.25, 0.3) is 0 Å². The molecule has 2 N–H and O–H groups in total. The van der Waals surface area contributed by atoms with Crippen molar-refractivity contribution in [3.8, 4) is 5.88 Å². The molecule has 4 heteroatoms. The Hall–Kier alpha value is -0.800. The predicted octanol–water partition coefficient (Wildman–Crippen LogP) is 1.33. The highest BCUT2D eigenvalue weighted by Crippen LogP contribution is 2.30. The van der Waals surface area contributed by atoms with E-state index in [-0.39, 0.29) is 12.4 Å². The number of rotatable bonds is 1. The van der Waals surface area contributed by atoms with Crippen LogP contribution < -0.4 is 10.5 Å². The molecule has 13 heavy (non-hydrogen) atoms. The zero-order valence-corrected chi connectivity index (χ0v) is 8.09. The predicted molar refractivity (Wildman–Crippen MR) is 53.4 cm³/mol. The monoisotopic (exact) mass is 200 g/mol. The van der Waals surface area contributed by atoms with Crippen molar-refractivity contribution < 1.29 is 4.74 Å². The van der Waals surface area contributed by atoms with Crippen LogP contribution in [0.1, 0.15) is 17.9 Å². The first-order valence-corrected chi connectivity index (χ1v) is 4.19. The highest BCUT2D eigenvalue weighted by Gasteiger charge is 2.20. The minimum atomic E-state index is 0. The highest BCUT2D eigenvalue weighted by molar-refractivity contribution is 5.85. The Morgan fingerprint density at radius 3 is 3.23 bits per heavy atom. The molecule has 3 nitrogen and oxygen atoms in total. The molecule has 0 amide bonds. The van der Waals surface area contributed by atoms with E-state index in [1.54, 1.807) is 6.20 Å². The van der Waals surface area contributed by atoms with Gasteiger partial charge in [-0.2, -0.15) is 0 Å². The van der Waals surface area contributed by atoms with Crippen molar-refractivity contribution in [2.24, 2.45) is 5.73 Å². The number of hydrogen-bond acceptors (Lipinski definition) is 3. The maximum absolute atomic E-state index is 5.63. The van der Waals surface area contributed by atoms with Gasteiger partial charge in [-0.15, -0.1) is 12.4 Å². The third-order valence-electron chi connectivity index (χ3n) is 2.23. The maximum Gasteiger partial charge on any atom is 0.216 e. The molecule has 2 rings (SSSR count). The summed E-state index contributed by atoms with van der Waals surface area (Å²) in [5.41, 5.74) is 6.79. The van der Waals surface area contributed by atoms with Crippen LogP contribution in [0.2, 0.25) is 0 Å². The lowest BCUT2D eigenvalue weighted by Gasteiger charge is -2.23. The summed E-state index contributed by atoms with van der Waals surface area (Å²) in [6.45, 7) is 1.42. The lowest BCUT2D eigenvalue weighted by molar-refractivity contribution is 0.257. The Balaban J connectivity index is 0.000000845. The Morgan fingerprint density at radius 1 is 1.62 bits per heavy atom. The summed E-state index contributed by atoms with van der Waals surface area (Å²) in [7, 11) is 0. The lowest BCUT2D eigenvalue weighted by atomic mass is 9.96. The van der Waals surface area contributed by atoms with Crippen molar-refractivity contribution in [1.29, 1.82) is 0 Å². The fourth-order valence-corrected chi connectivity index (χ4v) is 1.53. The van der Waals surface area contributed by atoms with Gasteiger partial charge in [-0.25, -0.2) is 4.98 Å². The van der Waals surface area contributed by atoms with Gasteiger partial charge in [-0.1, -0.05) is 6.07 Å². The Kier molecular flexibility index (Phi) is 3.51. The van der Waals surface area contributed by atoms with Crippen LogP contribution in [-0.4, -0.2) is 18.1 Å². The summed E-state index contributed by atoms with van der Waals surface area (Å²) in [6, 6.07) is 3.97. The highest BCUT2D eigenvalue weighted by atomic mass is 35.5. The van der Waals surface area contributed by atoms with Gasteiger partial charge >= 0.3 is 0 Å². The first-order chi connectivity index (χ1) is 5.92. The van der Waals surface area contributed by atoms with Crippen LogP contribution in [0.5, 0.6) is 5.88 Å². The van der Waals surface area contributed by atoms with Crippen LogP contribution >= 0.6 is 12.4 Å². The molecule has 0 aliphatic carbocycles. The number of pyridine rings is 1. The molecule has 0 fully saturated rings. The standard InChI is InChI=1S/C9H12N2O.ClH/c10-6-7-3-5-12-9-8(7)2-1-4-11-9;/h1-2,4,7H,3,5-6,10H2;1H. The Morgan fingerprint density at radius 2 is 2.46 bits per heavy atom. The molecule has 1 aliphatic heterocycles. The van der Waals surface area contributed by atoms with Crippen molar-refractivity contribution >= 4 is 12.4 Å². The van der Waals surface area contributed by atoms with E-state index in [0.29, 0.717) is 12.5 Å². The van der Waals surface area contributed by atoms with Crippen LogP contribution in [0.15, 0.2) is 18.3 Å². The number of halogens is 1. The van der Waals surface area contributed by atoms with Crippen molar-refractivity contribution in [1.82, 2.24) is 4.98 Å². The Bertz CT molecular complexity index is 280. The molecule has 0 saturated heterocycles. The second-order valence-corrected chi connectivity index (χ2v) is 2.97. The summed E-state index contributed by atoms with van der Waals surface area (Å²) in [5.74, 6) is 1.20. The topological polar surface area (TPSA) is 48.1 Å². The number of aromatic nitrogens is 1. The van der Waals surface area contributed by atoms with Gasteiger partial charge < -0.3 is 10.5 Å². The van der Waals surface area contributed by atoms with Gasteiger partial charge in [-0.05, 0) is 19.0 Å². The molecule has 0 bridgehead atoms. The molecule has 1 aromatic heterocycles. The maximum atomic E-state index is 5.63. The molecule has 1 unspecified atom stereocenters. The molecule has 0 saturated carbocycles. The summed E-state index contributed by atoms with van der Waals surface area (Å²) in [4.78, 5) is 4.14. The van der Waals surface area contributed by atoms with Crippen LogP contribution in [0.25, 0.3) is 0 Å². The van der Waals surface area contributed by atoms with E-state index in [4.69, 9.17) is 10.5 Å². The van der Waals surface area contributed by atoms with Crippen molar-refractivity contribution in [3.63, 3.8) is 0 Å². The van der Waals surface area contributed by atoms with Gasteiger partial charge in [0.1, 0.15) is 0 Å². The number of nitrogens with zero attached hydrogens (tertiary/aromatic N) is 1. The van der Waals surface area contributed by atoms with E-state index in [2.05, 4.69) is 4.98 Å². The van der Waals surface area contributed by atoms with Crippen LogP contribution in [0.4, 0.5) is 0 Å². The number of nitrogens with two attached hydrogens (primary N) is 1. The van der Waals surface area contributed by atoms with Gasteiger partial charge in [0, 0.05) is 17.7 Å². The largest absolute Gasteiger partial charge is 0.477 e. The average molecular weight is 201 g/mol. The van der Waals surface area contributed by atoms with E-state index in [0.717, 1.165) is 24.5 Å². The molecule has 1 aliphatic rings. The molecule has 72 valence electrons. The van der Waals surface area contributed by atoms with Crippen LogP contribution in [0, 0.1) is 0 Å². The van der Waals surface area contributed by atoms with E-state index >= 15 is 0 Å². The van der Waals surface area contributed by atoms with Crippen molar-refractivity contribution in [3.05, 3.63) is 23.9 Å². The second-order valence-electron chi connectivity index (χ2n) is 2.97. The summed E-state index contributed by atoms with van der Waals surface area (Å²) in [5, 5.41) is 0. The number of fused-ring (bicyclic) bond motifs is 1. The first-order valence-electron chi connectivity index (χ1n) is 4.19. The van der Waals surface area contributed by atoms with E-state index < -0.39 is 0 Å². The molecule has 1 atom stereocenters. The second kappa shape index (κ2) is 4.44. The number of hydrogen-bond donors (Lipinski definition) is 1. The van der Waals surface area contributed by atoms with Crippen molar-refractivity contribution in [2.75, 3.05) is 13.2 Å².